The van der Waals surface area contributed by atoms with Crippen LogP contribution in [0.2, 0.25) is 0 Å². The molecule has 1 aliphatic carbocycles. The fourth-order valence-corrected chi connectivity index (χ4v) is 3.34. The van der Waals surface area contributed by atoms with Gasteiger partial charge in [0.15, 0.2) is 0 Å². The van der Waals surface area contributed by atoms with Gasteiger partial charge in [-0.2, -0.15) is 0 Å². The molecular weight excluding hydrogens is 244 g/mol. The van der Waals surface area contributed by atoms with Crippen LogP contribution >= 0.6 is 0 Å². The molecule has 0 saturated heterocycles. The Balaban J connectivity index is 1.83. The maximum absolute atomic E-state index is 9.38. The highest BCUT2D eigenvalue weighted by atomic mass is 16.3. The van der Waals surface area contributed by atoms with E-state index in [9.17, 15) is 5.11 Å². The molecule has 1 nitrogen and oxygen atoms in total. The van der Waals surface area contributed by atoms with E-state index in [2.05, 4.69) is 24.3 Å². The maximum Gasteiger partial charge on any atom is 0.115 e. The number of phenolic OH excluding ortho intramolecular Hbond substituents is 1. The molecule has 1 heteroatoms. The van der Waals surface area contributed by atoms with Gasteiger partial charge in [0.1, 0.15) is 5.75 Å². The zero-order chi connectivity index (χ0) is 13.8. The van der Waals surface area contributed by atoms with Crippen molar-refractivity contribution in [3.05, 3.63) is 65.2 Å². The summed E-state index contributed by atoms with van der Waals surface area (Å²) >= 11 is 0. The van der Waals surface area contributed by atoms with Gasteiger partial charge in [-0.1, -0.05) is 55.7 Å². The van der Waals surface area contributed by atoms with Crippen LogP contribution in [0, 0.1) is 0 Å². The molecule has 0 radical (unpaired) electrons. The third kappa shape index (κ3) is 3.04. The molecule has 0 unspecified atom stereocenters. The largest absolute Gasteiger partial charge is 0.508 e. The first-order valence-corrected chi connectivity index (χ1v) is 7.68. The van der Waals surface area contributed by atoms with E-state index in [1.165, 1.54) is 43.2 Å². The summed E-state index contributed by atoms with van der Waals surface area (Å²) in [7, 11) is 0. The second-order valence-corrected chi connectivity index (χ2v) is 5.88. The number of benzene rings is 2. The van der Waals surface area contributed by atoms with Gasteiger partial charge in [0.25, 0.3) is 0 Å². The summed E-state index contributed by atoms with van der Waals surface area (Å²) in [5.41, 5.74) is 4.26. The lowest BCUT2D eigenvalue weighted by Crippen LogP contribution is -2.07. The molecule has 1 fully saturated rings. The van der Waals surface area contributed by atoms with Crippen LogP contribution < -0.4 is 0 Å². The molecular formula is C19H22O. The third-order valence-electron chi connectivity index (χ3n) is 4.43. The molecule has 1 aliphatic rings. The molecule has 104 valence electrons. The lowest BCUT2D eigenvalue weighted by Gasteiger charge is -2.24. The van der Waals surface area contributed by atoms with Gasteiger partial charge in [0.2, 0.25) is 0 Å². The molecule has 20 heavy (non-hydrogen) atoms. The van der Waals surface area contributed by atoms with Crippen LogP contribution in [0.3, 0.4) is 0 Å². The molecule has 0 bridgehead atoms. The molecule has 0 aromatic heterocycles. The zero-order valence-electron chi connectivity index (χ0n) is 11.9. The molecule has 2 aromatic rings. The smallest absolute Gasteiger partial charge is 0.115 e. The van der Waals surface area contributed by atoms with Gasteiger partial charge in [0.05, 0.1) is 0 Å². The van der Waals surface area contributed by atoms with E-state index in [1.807, 2.05) is 12.1 Å². The minimum absolute atomic E-state index is 0.342. The van der Waals surface area contributed by atoms with E-state index >= 15 is 0 Å². The predicted molar refractivity (Wildman–Crippen MR) is 83.2 cm³/mol. The van der Waals surface area contributed by atoms with E-state index in [4.69, 9.17) is 0 Å². The summed E-state index contributed by atoms with van der Waals surface area (Å²) in [6, 6.07) is 16.5. The highest BCUT2D eigenvalue weighted by Crippen LogP contribution is 2.35. The van der Waals surface area contributed by atoms with Crippen molar-refractivity contribution in [1.82, 2.24) is 0 Å². The minimum Gasteiger partial charge on any atom is -0.508 e. The molecule has 0 heterocycles. The minimum atomic E-state index is 0.342. The number of hydrogen-bond donors (Lipinski definition) is 1. The highest BCUT2D eigenvalue weighted by Gasteiger charge is 2.17. The second kappa shape index (κ2) is 6.13. The van der Waals surface area contributed by atoms with Crippen molar-refractivity contribution < 1.29 is 5.11 Å². The lowest BCUT2D eigenvalue weighted by molar-refractivity contribution is 0.442. The van der Waals surface area contributed by atoms with E-state index in [0.717, 1.165) is 12.3 Å². The van der Waals surface area contributed by atoms with Gasteiger partial charge in [-0.25, -0.2) is 0 Å². The Hall–Kier alpha value is -1.76. The van der Waals surface area contributed by atoms with E-state index in [1.54, 1.807) is 17.7 Å². The molecule has 1 N–H and O–H groups in total. The van der Waals surface area contributed by atoms with Gasteiger partial charge < -0.3 is 5.11 Å². The predicted octanol–water partition coefficient (Wildman–Crippen LogP) is 5.03. The average Bonchev–Trinajstić information content (AvgIpc) is 2.51. The van der Waals surface area contributed by atoms with Gasteiger partial charge in [0, 0.05) is 0 Å². The van der Waals surface area contributed by atoms with Crippen LogP contribution in [0.15, 0.2) is 48.5 Å². The van der Waals surface area contributed by atoms with Crippen molar-refractivity contribution in [2.45, 2.75) is 44.4 Å². The lowest BCUT2D eigenvalue weighted by atomic mass is 9.81. The number of phenols is 1. The summed E-state index contributed by atoms with van der Waals surface area (Å²) in [5.74, 6) is 1.09. The fourth-order valence-electron chi connectivity index (χ4n) is 3.34. The van der Waals surface area contributed by atoms with Gasteiger partial charge >= 0.3 is 0 Å². The Morgan fingerprint density at radius 3 is 2.30 bits per heavy atom. The van der Waals surface area contributed by atoms with Gasteiger partial charge in [-0.3, -0.25) is 0 Å². The number of aromatic hydroxyl groups is 1. The fraction of sp³-hybridized carbons (Fsp3) is 0.368. The van der Waals surface area contributed by atoms with Crippen LogP contribution in [-0.2, 0) is 6.42 Å². The molecule has 0 atom stereocenters. The van der Waals surface area contributed by atoms with Crippen molar-refractivity contribution in [2.75, 3.05) is 0 Å². The monoisotopic (exact) mass is 266 g/mol. The quantitative estimate of drug-likeness (QED) is 0.826. The van der Waals surface area contributed by atoms with E-state index < -0.39 is 0 Å². The summed E-state index contributed by atoms with van der Waals surface area (Å²) in [5, 5.41) is 9.38. The molecule has 1 saturated carbocycles. The summed E-state index contributed by atoms with van der Waals surface area (Å²) in [4.78, 5) is 0. The summed E-state index contributed by atoms with van der Waals surface area (Å²) in [6.07, 6.45) is 7.79. The molecule has 0 aliphatic heterocycles. The Morgan fingerprint density at radius 2 is 1.55 bits per heavy atom. The Kier molecular flexibility index (Phi) is 4.05. The SMILES string of the molecule is Oc1ccc(Cc2ccccc2C2CCCCC2)cc1. The van der Waals surface area contributed by atoms with Crippen LogP contribution in [-0.4, -0.2) is 5.11 Å². The van der Waals surface area contributed by atoms with Crippen molar-refractivity contribution >= 4 is 0 Å². The first-order valence-electron chi connectivity index (χ1n) is 7.68. The number of rotatable bonds is 3. The molecule has 0 amide bonds. The van der Waals surface area contributed by atoms with E-state index in [-0.39, 0.29) is 0 Å². The van der Waals surface area contributed by atoms with Crippen LogP contribution in [0.1, 0.15) is 54.7 Å². The summed E-state index contributed by atoms with van der Waals surface area (Å²) < 4.78 is 0. The average molecular weight is 266 g/mol. The van der Waals surface area contributed by atoms with E-state index in [0.29, 0.717) is 5.75 Å². The number of hydrogen-bond acceptors (Lipinski definition) is 1. The normalized spacial score (nSPS) is 16.2. The Labute approximate surface area is 121 Å². The van der Waals surface area contributed by atoms with Crippen LogP contribution in [0.5, 0.6) is 5.75 Å². The molecule has 0 spiro atoms. The zero-order valence-corrected chi connectivity index (χ0v) is 11.9. The van der Waals surface area contributed by atoms with Crippen molar-refractivity contribution in [3.63, 3.8) is 0 Å². The first kappa shape index (κ1) is 13.2. The van der Waals surface area contributed by atoms with Crippen LogP contribution in [0.4, 0.5) is 0 Å². The Bertz CT molecular complexity index is 550. The van der Waals surface area contributed by atoms with Crippen LogP contribution in [0.25, 0.3) is 0 Å². The van der Waals surface area contributed by atoms with Crippen molar-refractivity contribution in [1.29, 1.82) is 0 Å². The third-order valence-corrected chi connectivity index (χ3v) is 4.43. The maximum atomic E-state index is 9.38. The van der Waals surface area contributed by atoms with Gasteiger partial charge in [-0.05, 0) is 54.0 Å². The summed E-state index contributed by atoms with van der Waals surface area (Å²) in [6.45, 7) is 0. The second-order valence-electron chi connectivity index (χ2n) is 5.88. The van der Waals surface area contributed by atoms with Gasteiger partial charge in [-0.15, -0.1) is 0 Å². The standard InChI is InChI=1S/C19H22O/c20-18-12-10-15(11-13-18)14-17-8-4-5-9-19(17)16-6-2-1-3-7-16/h4-5,8-13,16,20H,1-3,6-7,14H2. The van der Waals surface area contributed by atoms with Crippen molar-refractivity contribution in [2.24, 2.45) is 0 Å². The molecule has 2 aromatic carbocycles. The topological polar surface area (TPSA) is 20.2 Å². The van der Waals surface area contributed by atoms with Crippen molar-refractivity contribution in [3.8, 4) is 5.75 Å². The molecule has 3 rings (SSSR count). The highest BCUT2D eigenvalue weighted by molar-refractivity contribution is 5.36. The first-order chi connectivity index (χ1) is 9.83. The Morgan fingerprint density at radius 1 is 0.850 bits per heavy atom.